The summed E-state index contributed by atoms with van der Waals surface area (Å²) in [5, 5.41) is 3.82. The van der Waals surface area contributed by atoms with Gasteiger partial charge in [0.15, 0.2) is 0 Å². The average molecular weight is 364 g/mol. The lowest BCUT2D eigenvalue weighted by Crippen LogP contribution is -2.32. The molecule has 1 aromatic heterocycles. The minimum Gasteiger partial charge on any atom is -0.309 e. The first-order valence-electron chi connectivity index (χ1n) is 7.72. The van der Waals surface area contributed by atoms with Gasteiger partial charge in [0, 0.05) is 10.3 Å². The van der Waals surface area contributed by atoms with Crippen molar-refractivity contribution in [2.75, 3.05) is 6.54 Å². The quantitative estimate of drug-likeness (QED) is 0.704. The van der Waals surface area contributed by atoms with Crippen LogP contribution < -0.4 is 5.32 Å². The smallest absolute Gasteiger partial charge is 0.0731 e. The zero-order chi connectivity index (χ0) is 14.9. The minimum atomic E-state index is 0.299. The predicted molar refractivity (Wildman–Crippen MR) is 95.1 cm³/mol. The molecular formula is C18H22BrNS. The van der Waals surface area contributed by atoms with Crippen LogP contribution in [0.3, 0.4) is 0 Å². The van der Waals surface area contributed by atoms with E-state index in [1.54, 1.807) is 0 Å². The van der Waals surface area contributed by atoms with Gasteiger partial charge in [0.2, 0.25) is 0 Å². The standard InChI is InChI=1S/C18H22BrNS/c1-3-11-20-16(15-12-13(2)17(19)21-15)18(9-10-18)14-7-5-4-6-8-14/h4-8,12,16,20H,3,9-11H2,1-2H3. The molecule has 1 aliphatic carbocycles. The molecule has 1 aromatic carbocycles. The van der Waals surface area contributed by atoms with Crippen LogP contribution in [0.4, 0.5) is 0 Å². The van der Waals surface area contributed by atoms with Gasteiger partial charge in [0.1, 0.15) is 0 Å². The third-order valence-electron chi connectivity index (χ3n) is 4.45. The van der Waals surface area contributed by atoms with Crippen molar-refractivity contribution in [3.05, 3.63) is 56.2 Å². The SMILES string of the molecule is CCCNC(c1cc(C)c(Br)s1)C1(c2ccccc2)CC1. The van der Waals surface area contributed by atoms with Gasteiger partial charge in [-0.1, -0.05) is 37.3 Å². The van der Waals surface area contributed by atoms with Crippen LogP contribution in [0.2, 0.25) is 0 Å². The maximum absolute atomic E-state index is 3.82. The normalized spacial score (nSPS) is 17.7. The van der Waals surface area contributed by atoms with Crippen LogP contribution in [0.5, 0.6) is 0 Å². The van der Waals surface area contributed by atoms with Crippen molar-refractivity contribution >= 4 is 27.3 Å². The van der Waals surface area contributed by atoms with Crippen LogP contribution in [0, 0.1) is 6.92 Å². The highest BCUT2D eigenvalue weighted by Gasteiger charge is 2.51. The summed E-state index contributed by atoms with van der Waals surface area (Å²) < 4.78 is 1.27. The Morgan fingerprint density at radius 3 is 2.52 bits per heavy atom. The predicted octanol–water partition coefficient (Wildman–Crippen LogP) is 5.59. The van der Waals surface area contributed by atoms with Gasteiger partial charge in [-0.25, -0.2) is 0 Å². The highest BCUT2D eigenvalue weighted by atomic mass is 79.9. The summed E-state index contributed by atoms with van der Waals surface area (Å²) in [5.41, 5.74) is 3.13. The van der Waals surface area contributed by atoms with E-state index in [2.05, 4.69) is 71.5 Å². The lowest BCUT2D eigenvalue weighted by molar-refractivity contribution is 0.435. The third-order valence-corrected chi connectivity index (χ3v) is 6.65. The second kappa shape index (κ2) is 6.23. The Hall–Kier alpha value is -0.640. The van der Waals surface area contributed by atoms with Crippen molar-refractivity contribution in [2.45, 2.75) is 44.6 Å². The molecule has 3 rings (SSSR count). The largest absolute Gasteiger partial charge is 0.309 e. The molecule has 0 bridgehead atoms. The molecule has 1 heterocycles. The van der Waals surface area contributed by atoms with Crippen LogP contribution in [0.1, 0.15) is 48.2 Å². The molecule has 3 heteroatoms. The Labute approximate surface area is 139 Å². The van der Waals surface area contributed by atoms with Crippen molar-refractivity contribution in [3.63, 3.8) is 0 Å². The van der Waals surface area contributed by atoms with E-state index in [-0.39, 0.29) is 0 Å². The molecule has 0 radical (unpaired) electrons. The highest BCUT2D eigenvalue weighted by molar-refractivity contribution is 9.11. The Bertz CT molecular complexity index is 581. The van der Waals surface area contributed by atoms with E-state index in [1.807, 2.05) is 11.3 Å². The van der Waals surface area contributed by atoms with Crippen LogP contribution in [-0.4, -0.2) is 6.54 Å². The van der Waals surface area contributed by atoms with E-state index in [1.165, 1.54) is 39.1 Å². The van der Waals surface area contributed by atoms with Gasteiger partial charge >= 0.3 is 0 Å². The molecule has 2 aromatic rings. The van der Waals surface area contributed by atoms with E-state index in [9.17, 15) is 0 Å². The lowest BCUT2D eigenvalue weighted by Gasteiger charge is -2.28. The number of aryl methyl sites for hydroxylation is 1. The topological polar surface area (TPSA) is 12.0 Å². The summed E-state index contributed by atoms with van der Waals surface area (Å²) in [5.74, 6) is 0. The molecule has 21 heavy (non-hydrogen) atoms. The first-order chi connectivity index (χ1) is 10.2. The number of hydrogen-bond donors (Lipinski definition) is 1. The fraction of sp³-hybridized carbons (Fsp3) is 0.444. The van der Waals surface area contributed by atoms with E-state index in [4.69, 9.17) is 0 Å². The van der Waals surface area contributed by atoms with Crippen LogP contribution in [0.25, 0.3) is 0 Å². The van der Waals surface area contributed by atoms with Gasteiger partial charge in [0.05, 0.1) is 9.83 Å². The zero-order valence-electron chi connectivity index (χ0n) is 12.7. The Balaban J connectivity index is 1.96. The van der Waals surface area contributed by atoms with Crippen molar-refractivity contribution in [1.29, 1.82) is 0 Å². The summed E-state index contributed by atoms with van der Waals surface area (Å²) in [7, 11) is 0. The molecular weight excluding hydrogens is 342 g/mol. The Kier molecular flexibility index (Phi) is 4.53. The number of benzene rings is 1. The second-order valence-corrected chi connectivity index (χ2v) is 8.42. The molecule has 0 saturated heterocycles. The molecule has 1 aliphatic rings. The number of hydrogen-bond acceptors (Lipinski definition) is 2. The van der Waals surface area contributed by atoms with Crippen LogP contribution >= 0.6 is 27.3 Å². The number of rotatable bonds is 6. The summed E-state index contributed by atoms with van der Waals surface area (Å²) >= 11 is 5.58. The van der Waals surface area contributed by atoms with Gasteiger partial charge in [-0.2, -0.15) is 0 Å². The molecule has 1 atom stereocenters. The molecule has 1 fully saturated rings. The van der Waals surface area contributed by atoms with Crippen molar-refractivity contribution in [3.8, 4) is 0 Å². The van der Waals surface area contributed by atoms with Crippen LogP contribution in [-0.2, 0) is 5.41 Å². The lowest BCUT2D eigenvalue weighted by atomic mass is 9.86. The molecule has 1 unspecified atom stereocenters. The van der Waals surface area contributed by atoms with Crippen molar-refractivity contribution in [2.24, 2.45) is 0 Å². The summed E-state index contributed by atoms with van der Waals surface area (Å²) in [6.07, 6.45) is 3.74. The van der Waals surface area contributed by atoms with E-state index < -0.39 is 0 Å². The fourth-order valence-electron chi connectivity index (χ4n) is 3.13. The second-order valence-electron chi connectivity index (χ2n) is 6.01. The molecule has 1 saturated carbocycles. The maximum atomic E-state index is 3.82. The summed E-state index contributed by atoms with van der Waals surface area (Å²) in [4.78, 5) is 1.47. The van der Waals surface area contributed by atoms with E-state index in [0.29, 0.717) is 11.5 Å². The van der Waals surface area contributed by atoms with Crippen molar-refractivity contribution in [1.82, 2.24) is 5.32 Å². The molecule has 0 aliphatic heterocycles. The van der Waals surface area contributed by atoms with E-state index in [0.717, 1.165) is 6.54 Å². The van der Waals surface area contributed by atoms with Gasteiger partial charge in [0.25, 0.3) is 0 Å². The fourth-order valence-corrected chi connectivity index (χ4v) is 4.90. The van der Waals surface area contributed by atoms with E-state index >= 15 is 0 Å². The van der Waals surface area contributed by atoms with Gasteiger partial charge in [-0.05, 0) is 65.9 Å². The first-order valence-corrected chi connectivity index (χ1v) is 9.33. The summed E-state index contributed by atoms with van der Waals surface area (Å²) in [6.45, 7) is 5.50. The zero-order valence-corrected chi connectivity index (χ0v) is 15.1. The van der Waals surface area contributed by atoms with Crippen LogP contribution in [0.15, 0.2) is 40.2 Å². The third kappa shape index (κ3) is 2.96. The molecule has 1 N–H and O–H groups in total. The Morgan fingerprint density at radius 2 is 2.00 bits per heavy atom. The monoisotopic (exact) mass is 363 g/mol. The average Bonchev–Trinajstić information content (AvgIpc) is 3.23. The minimum absolute atomic E-state index is 0.299. The van der Waals surface area contributed by atoms with Gasteiger partial charge < -0.3 is 5.32 Å². The number of thiophene rings is 1. The maximum Gasteiger partial charge on any atom is 0.0731 e. The van der Waals surface area contributed by atoms with Gasteiger partial charge in [-0.3, -0.25) is 0 Å². The highest BCUT2D eigenvalue weighted by Crippen LogP contribution is 2.57. The Morgan fingerprint density at radius 1 is 1.29 bits per heavy atom. The molecule has 0 spiro atoms. The first kappa shape index (κ1) is 15.3. The van der Waals surface area contributed by atoms with Crippen molar-refractivity contribution < 1.29 is 0 Å². The number of nitrogens with one attached hydrogen (secondary N) is 1. The molecule has 1 nitrogen and oxygen atoms in total. The number of halogens is 1. The summed E-state index contributed by atoms with van der Waals surface area (Å²) in [6, 6.07) is 13.8. The van der Waals surface area contributed by atoms with Gasteiger partial charge in [-0.15, -0.1) is 11.3 Å². The molecule has 0 amide bonds. The molecule has 112 valence electrons.